The first-order valence-electron chi connectivity index (χ1n) is 6.81. The zero-order valence-electron chi connectivity index (χ0n) is 11.7. The van der Waals surface area contributed by atoms with Crippen LogP contribution in [0.4, 0.5) is 0 Å². The molecule has 5 heteroatoms. The molecule has 1 atom stereocenters. The number of aryl methyl sites for hydroxylation is 1. The fourth-order valence-electron chi connectivity index (χ4n) is 2.74. The van der Waals surface area contributed by atoms with Crippen LogP contribution in [0.15, 0.2) is 28.7 Å². The maximum Gasteiger partial charge on any atom is 0.118 e. The summed E-state index contributed by atoms with van der Waals surface area (Å²) in [5.74, 6) is 0.860. The summed E-state index contributed by atoms with van der Waals surface area (Å²) in [7, 11) is 3.68. The van der Waals surface area contributed by atoms with Gasteiger partial charge in [-0.15, -0.1) is 0 Å². The normalized spacial score (nSPS) is 18.4. The summed E-state index contributed by atoms with van der Waals surface area (Å²) in [6, 6.07) is 8.40. The number of methoxy groups -OCH3 is 1. The quantitative estimate of drug-likeness (QED) is 0.935. The molecule has 0 aliphatic carbocycles. The van der Waals surface area contributed by atoms with E-state index in [0.717, 1.165) is 28.0 Å². The number of hydrogen-bond donors (Lipinski definition) is 1. The molecule has 3 rings (SSSR count). The van der Waals surface area contributed by atoms with Crippen LogP contribution < -0.4 is 10.1 Å². The van der Waals surface area contributed by atoms with Crippen LogP contribution in [-0.2, 0) is 7.05 Å². The Balaban J connectivity index is 1.99. The van der Waals surface area contributed by atoms with E-state index in [1.54, 1.807) is 7.11 Å². The average molecular weight is 336 g/mol. The standard InChI is InChI=1S/C15H18BrN3O/c1-19-15(12-4-3-9-17-12)13(16)14(18-19)10-5-7-11(20-2)8-6-10/h5-8,12,17H,3-4,9H2,1-2H3. The first-order chi connectivity index (χ1) is 9.70. The molecule has 1 saturated heterocycles. The van der Waals surface area contributed by atoms with Crippen molar-refractivity contribution in [1.29, 1.82) is 0 Å². The minimum absolute atomic E-state index is 0.397. The van der Waals surface area contributed by atoms with Gasteiger partial charge >= 0.3 is 0 Å². The lowest BCUT2D eigenvalue weighted by Crippen LogP contribution is -2.16. The van der Waals surface area contributed by atoms with E-state index in [2.05, 4.69) is 26.3 Å². The molecule has 2 aromatic rings. The summed E-state index contributed by atoms with van der Waals surface area (Å²) < 4.78 is 8.26. The van der Waals surface area contributed by atoms with Crippen molar-refractivity contribution in [2.45, 2.75) is 18.9 Å². The minimum Gasteiger partial charge on any atom is -0.497 e. The molecular weight excluding hydrogens is 318 g/mol. The summed E-state index contributed by atoms with van der Waals surface area (Å²) in [5.41, 5.74) is 3.31. The number of benzene rings is 1. The Labute approximate surface area is 127 Å². The van der Waals surface area contributed by atoms with Crippen molar-refractivity contribution in [3.63, 3.8) is 0 Å². The van der Waals surface area contributed by atoms with Gasteiger partial charge < -0.3 is 10.1 Å². The van der Waals surface area contributed by atoms with E-state index in [1.807, 2.05) is 36.0 Å². The van der Waals surface area contributed by atoms with Gasteiger partial charge in [-0.05, 0) is 59.6 Å². The molecule has 106 valence electrons. The number of hydrogen-bond acceptors (Lipinski definition) is 3. The van der Waals surface area contributed by atoms with Crippen LogP contribution in [0, 0.1) is 0 Å². The minimum atomic E-state index is 0.397. The molecule has 1 aliphatic rings. The van der Waals surface area contributed by atoms with Gasteiger partial charge in [0.15, 0.2) is 0 Å². The van der Waals surface area contributed by atoms with E-state index >= 15 is 0 Å². The Hall–Kier alpha value is -1.33. The fourth-order valence-corrected chi connectivity index (χ4v) is 3.58. The van der Waals surface area contributed by atoms with Crippen LogP contribution in [-0.4, -0.2) is 23.4 Å². The van der Waals surface area contributed by atoms with Gasteiger partial charge in [0.05, 0.1) is 23.3 Å². The van der Waals surface area contributed by atoms with Crippen molar-refractivity contribution in [3.8, 4) is 17.0 Å². The Morgan fingerprint density at radius 3 is 2.70 bits per heavy atom. The highest BCUT2D eigenvalue weighted by Gasteiger charge is 2.25. The second-order valence-corrected chi connectivity index (χ2v) is 5.84. The first kappa shape index (κ1) is 13.6. The zero-order valence-corrected chi connectivity index (χ0v) is 13.3. The smallest absolute Gasteiger partial charge is 0.118 e. The highest BCUT2D eigenvalue weighted by atomic mass is 79.9. The zero-order chi connectivity index (χ0) is 14.1. The molecule has 20 heavy (non-hydrogen) atoms. The Kier molecular flexibility index (Phi) is 3.81. The molecule has 1 unspecified atom stereocenters. The third-order valence-electron chi connectivity index (χ3n) is 3.79. The van der Waals surface area contributed by atoms with Crippen LogP contribution in [0.25, 0.3) is 11.3 Å². The number of rotatable bonds is 3. The van der Waals surface area contributed by atoms with E-state index < -0.39 is 0 Å². The van der Waals surface area contributed by atoms with Crippen LogP contribution >= 0.6 is 15.9 Å². The van der Waals surface area contributed by atoms with Gasteiger partial charge in [-0.25, -0.2) is 0 Å². The van der Waals surface area contributed by atoms with E-state index in [4.69, 9.17) is 4.74 Å². The van der Waals surface area contributed by atoms with E-state index in [0.29, 0.717) is 6.04 Å². The summed E-state index contributed by atoms with van der Waals surface area (Å²) in [4.78, 5) is 0. The number of nitrogens with zero attached hydrogens (tertiary/aromatic N) is 2. The van der Waals surface area contributed by atoms with Gasteiger partial charge in [-0.3, -0.25) is 4.68 Å². The van der Waals surface area contributed by atoms with Crippen molar-refractivity contribution >= 4 is 15.9 Å². The van der Waals surface area contributed by atoms with E-state index in [9.17, 15) is 0 Å². The molecular formula is C15H18BrN3O. The molecule has 1 fully saturated rings. The average Bonchev–Trinajstić information content (AvgIpc) is 3.07. The maximum atomic E-state index is 5.20. The number of nitrogens with one attached hydrogen (secondary N) is 1. The highest BCUT2D eigenvalue weighted by Crippen LogP contribution is 2.36. The first-order valence-corrected chi connectivity index (χ1v) is 7.60. The Bertz CT molecular complexity index is 600. The molecule has 1 aliphatic heterocycles. The highest BCUT2D eigenvalue weighted by molar-refractivity contribution is 9.10. The Morgan fingerprint density at radius 1 is 1.35 bits per heavy atom. The largest absolute Gasteiger partial charge is 0.497 e. The molecule has 0 saturated carbocycles. The lowest BCUT2D eigenvalue weighted by molar-refractivity contribution is 0.415. The predicted octanol–water partition coefficient (Wildman–Crippen LogP) is 3.28. The lowest BCUT2D eigenvalue weighted by Gasteiger charge is -2.11. The SMILES string of the molecule is COc1ccc(-c2nn(C)c(C3CCCN3)c2Br)cc1. The van der Waals surface area contributed by atoms with Gasteiger partial charge in [0.1, 0.15) is 11.4 Å². The Morgan fingerprint density at radius 2 is 2.10 bits per heavy atom. The lowest BCUT2D eigenvalue weighted by atomic mass is 10.1. The van der Waals surface area contributed by atoms with Crippen molar-refractivity contribution in [1.82, 2.24) is 15.1 Å². The predicted molar refractivity (Wildman–Crippen MR) is 82.9 cm³/mol. The molecule has 1 aromatic carbocycles. The molecule has 4 nitrogen and oxygen atoms in total. The molecule has 1 N–H and O–H groups in total. The van der Waals surface area contributed by atoms with Gasteiger partial charge in [-0.1, -0.05) is 0 Å². The molecule has 0 radical (unpaired) electrons. The van der Waals surface area contributed by atoms with Crippen LogP contribution in [0.5, 0.6) is 5.75 Å². The van der Waals surface area contributed by atoms with Crippen LogP contribution in [0.1, 0.15) is 24.6 Å². The second-order valence-electron chi connectivity index (χ2n) is 5.05. The van der Waals surface area contributed by atoms with Crippen molar-refractivity contribution < 1.29 is 4.74 Å². The number of ether oxygens (including phenoxy) is 1. The summed E-state index contributed by atoms with van der Waals surface area (Å²) in [5, 5.41) is 8.20. The fraction of sp³-hybridized carbons (Fsp3) is 0.400. The van der Waals surface area contributed by atoms with Crippen molar-refractivity contribution in [2.75, 3.05) is 13.7 Å². The molecule has 0 bridgehead atoms. The third kappa shape index (κ3) is 2.36. The van der Waals surface area contributed by atoms with E-state index in [-0.39, 0.29) is 0 Å². The monoisotopic (exact) mass is 335 g/mol. The van der Waals surface area contributed by atoms with Crippen molar-refractivity contribution in [2.24, 2.45) is 7.05 Å². The van der Waals surface area contributed by atoms with Gasteiger partial charge in [0, 0.05) is 12.6 Å². The maximum absolute atomic E-state index is 5.20. The third-order valence-corrected chi connectivity index (χ3v) is 4.57. The van der Waals surface area contributed by atoms with Gasteiger partial charge in [-0.2, -0.15) is 5.10 Å². The van der Waals surface area contributed by atoms with E-state index in [1.165, 1.54) is 18.5 Å². The number of aromatic nitrogens is 2. The summed E-state index contributed by atoms with van der Waals surface area (Å²) >= 11 is 3.73. The molecule has 0 spiro atoms. The topological polar surface area (TPSA) is 39.1 Å². The second kappa shape index (κ2) is 5.58. The van der Waals surface area contributed by atoms with Gasteiger partial charge in [0.2, 0.25) is 0 Å². The van der Waals surface area contributed by atoms with Gasteiger partial charge in [0.25, 0.3) is 0 Å². The summed E-state index contributed by atoms with van der Waals surface area (Å²) in [6.07, 6.45) is 2.39. The number of halogens is 1. The molecule has 2 heterocycles. The van der Waals surface area contributed by atoms with Crippen molar-refractivity contribution in [3.05, 3.63) is 34.4 Å². The molecule has 0 amide bonds. The molecule has 1 aromatic heterocycles. The summed E-state index contributed by atoms with van der Waals surface area (Å²) in [6.45, 7) is 1.08. The van der Waals surface area contributed by atoms with Crippen LogP contribution in [0.2, 0.25) is 0 Å². The van der Waals surface area contributed by atoms with Crippen LogP contribution in [0.3, 0.4) is 0 Å².